The second-order valence-corrected chi connectivity index (χ2v) is 4.97. The molecule has 0 aromatic heterocycles. The normalized spacial score (nSPS) is 11.5. The second-order valence-electron chi connectivity index (χ2n) is 4.97. The van der Waals surface area contributed by atoms with Gasteiger partial charge in [0.05, 0.1) is 0 Å². The van der Waals surface area contributed by atoms with E-state index in [-0.39, 0.29) is 5.96 Å². The maximum atomic E-state index is 13.1. The van der Waals surface area contributed by atoms with Gasteiger partial charge in [0, 0.05) is 18.3 Å². The van der Waals surface area contributed by atoms with Crippen molar-refractivity contribution in [2.45, 2.75) is 19.8 Å². The van der Waals surface area contributed by atoms with E-state index in [1.165, 1.54) is 17.7 Å². The predicted octanol–water partition coefficient (Wildman–Crippen LogP) is 3.50. The smallest absolute Gasteiger partial charge is 0.193 e. The number of nitrogens with two attached hydrogens (primary N) is 1. The first kappa shape index (κ1) is 15.9. The first-order valence-electron chi connectivity index (χ1n) is 7.17. The lowest BCUT2D eigenvalue weighted by molar-refractivity contribution is 0.579. The van der Waals surface area contributed by atoms with Crippen LogP contribution in [0.5, 0.6) is 0 Å². The maximum absolute atomic E-state index is 13.1. The molecule has 0 spiro atoms. The van der Waals surface area contributed by atoms with Crippen LogP contribution in [0.3, 0.4) is 0 Å². The Morgan fingerprint density at radius 1 is 1.09 bits per heavy atom. The molecular weight excluding hydrogens is 284 g/mol. The lowest BCUT2D eigenvalue weighted by Gasteiger charge is -2.07. The topological polar surface area (TPSA) is 50.4 Å². The summed E-state index contributed by atoms with van der Waals surface area (Å²) in [6.07, 6.45) is 1.36. The van der Waals surface area contributed by atoms with Gasteiger partial charge < -0.3 is 11.1 Å². The summed E-state index contributed by atoms with van der Waals surface area (Å²) in [6.45, 7) is 2.43. The Kier molecular flexibility index (Phi) is 5.47. The van der Waals surface area contributed by atoms with E-state index in [1.54, 1.807) is 0 Å². The number of anilines is 1. The number of hydrogen-bond donors (Lipinski definition) is 2. The van der Waals surface area contributed by atoms with Gasteiger partial charge in [0.15, 0.2) is 5.96 Å². The Morgan fingerprint density at radius 2 is 1.82 bits per heavy atom. The minimum Gasteiger partial charge on any atom is -0.370 e. The average molecular weight is 303 g/mol. The Bertz CT molecular complexity index is 648. The van der Waals surface area contributed by atoms with E-state index in [1.807, 2.05) is 24.3 Å². The molecule has 0 saturated carbocycles. The van der Waals surface area contributed by atoms with Crippen LogP contribution in [0.1, 0.15) is 18.1 Å². The Hall–Kier alpha value is -2.43. The molecule has 2 aromatic carbocycles. The van der Waals surface area contributed by atoms with Crippen LogP contribution < -0.4 is 11.1 Å². The van der Waals surface area contributed by atoms with Crippen molar-refractivity contribution >= 4 is 11.6 Å². The molecule has 0 heterocycles. The van der Waals surface area contributed by atoms with Crippen molar-refractivity contribution in [3.8, 4) is 0 Å². The molecule has 0 bridgehead atoms. The van der Waals surface area contributed by atoms with Crippen LogP contribution >= 0.6 is 0 Å². The highest BCUT2D eigenvalue weighted by Gasteiger charge is 2.01. The van der Waals surface area contributed by atoms with Crippen LogP contribution in [0.25, 0.3) is 0 Å². The van der Waals surface area contributed by atoms with Gasteiger partial charge in [-0.25, -0.2) is 8.78 Å². The summed E-state index contributed by atoms with van der Waals surface area (Å²) < 4.78 is 26.1. The minimum atomic E-state index is -0.582. The van der Waals surface area contributed by atoms with Crippen LogP contribution in [0, 0.1) is 11.6 Å². The highest BCUT2D eigenvalue weighted by molar-refractivity contribution is 5.92. The summed E-state index contributed by atoms with van der Waals surface area (Å²) in [5.74, 6) is -0.881. The summed E-state index contributed by atoms with van der Waals surface area (Å²) in [6, 6.07) is 11.3. The van der Waals surface area contributed by atoms with E-state index < -0.39 is 11.6 Å². The number of nitrogens with one attached hydrogen (secondary N) is 1. The van der Waals surface area contributed by atoms with E-state index in [9.17, 15) is 8.78 Å². The summed E-state index contributed by atoms with van der Waals surface area (Å²) in [7, 11) is 0. The molecule has 0 aliphatic heterocycles. The quantitative estimate of drug-likeness (QED) is 0.656. The lowest BCUT2D eigenvalue weighted by atomic mass is 10.1. The number of aryl methyl sites for hydroxylation is 1. The molecule has 2 aromatic rings. The minimum absolute atomic E-state index is 0.283. The van der Waals surface area contributed by atoms with Crippen LogP contribution in [-0.4, -0.2) is 12.5 Å². The third kappa shape index (κ3) is 4.84. The van der Waals surface area contributed by atoms with Gasteiger partial charge in [0.1, 0.15) is 11.6 Å². The third-order valence-electron chi connectivity index (χ3n) is 3.21. The highest BCUT2D eigenvalue weighted by atomic mass is 19.1. The molecule has 0 saturated heterocycles. The van der Waals surface area contributed by atoms with Crippen LogP contribution in [0.4, 0.5) is 14.5 Å². The highest BCUT2D eigenvalue weighted by Crippen LogP contribution is 2.11. The first-order chi connectivity index (χ1) is 10.6. The Balaban J connectivity index is 1.92. The number of nitrogens with zero attached hydrogens (tertiary/aromatic N) is 1. The van der Waals surface area contributed by atoms with Gasteiger partial charge >= 0.3 is 0 Å². The molecule has 0 aliphatic rings. The molecule has 22 heavy (non-hydrogen) atoms. The first-order valence-corrected chi connectivity index (χ1v) is 7.17. The average Bonchev–Trinajstić information content (AvgIpc) is 2.46. The van der Waals surface area contributed by atoms with Crippen molar-refractivity contribution < 1.29 is 8.78 Å². The standard InChI is InChI=1S/C17H19F2N3/c1-2-12-4-3-5-16(10-12)22-17(20)21-7-6-13-8-14(18)11-15(19)9-13/h3-5,8-11H,2,6-7H2,1H3,(H3,20,21,22). The number of halogens is 2. The molecule has 0 amide bonds. The summed E-state index contributed by atoms with van der Waals surface area (Å²) in [5, 5.41) is 3.01. The van der Waals surface area contributed by atoms with E-state index in [0.717, 1.165) is 18.2 Å². The molecule has 3 N–H and O–H groups in total. The van der Waals surface area contributed by atoms with Crippen molar-refractivity contribution in [3.63, 3.8) is 0 Å². The molecule has 3 nitrogen and oxygen atoms in total. The fraction of sp³-hybridized carbons (Fsp3) is 0.235. The SMILES string of the molecule is CCc1cccc(NC(N)=NCCc2cc(F)cc(F)c2)c1. The summed E-state index contributed by atoms with van der Waals surface area (Å²) in [5.41, 5.74) is 8.44. The van der Waals surface area contributed by atoms with Gasteiger partial charge in [-0.2, -0.15) is 0 Å². The van der Waals surface area contributed by atoms with Crippen molar-refractivity contribution in [3.05, 3.63) is 65.2 Å². The fourth-order valence-corrected chi connectivity index (χ4v) is 2.12. The molecular formula is C17H19F2N3. The largest absolute Gasteiger partial charge is 0.370 e. The van der Waals surface area contributed by atoms with Crippen molar-refractivity contribution in [1.82, 2.24) is 0 Å². The van der Waals surface area contributed by atoms with Gasteiger partial charge in [0.2, 0.25) is 0 Å². The van der Waals surface area contributed by atoms with E-state index in [2.05, 4.69) is 17.2 Å². The monoisotopic (exact) mass is 303 g/mol. The zero-order chi connectivity index (χ0) is 15.9. The van der Waals surface area contributed by atoms with Crippen molar-refractivity contribution in [2.75, 3.05) is 11.9 Å². The molecule has 0 radical (unpaired) electrons. The summed E-state index contributed by atoms with van der Waals surface area (Å²) >= 11 is 0. The number of benzene rings is 2. The van der Waals surface area contributed by atoms with Gasteiger partial charge in [-0.05, 0) is 48.2 Å². The van der Waals surface area contributed by atoms with E-state index in [0.29, 0.717) is 18.5 Å². The number of rotatable bonds is 5. The second kappa shape index (κ2) is 7.54. The number of aliphatic imine (C=N–C) groups is 1. The molecule has 0 aliphatic carbocycles. The summed E-state index contributed by atoms with van der Waals surface area (Å²) in [4.78, 5) is 4.17. The third-order valence-corrected chi connectivity index (χ3v) is 3.21. The molecule has 5 heteroatoms. The maximum Gasteiger partial charge on any atom is 0.193 e. The Morgan fingerprint density at radius 3 is 2.50 bits per heavy atom. The molecule has 116 valence electrons. The zero-order valence-electron chi connectivity index (χ0n) is 12.4. The van der Waals surface area contributed by atoms with Gasteiger partial charge in [-0.1, -0.05) is 19.1 Å². The van der Waals surface area contributed by atoms with Crippen molar-refractivity contribution in [2.24, 2.45) is 10.7 Å². The molecule has 2 rings (SSSR count). The van der Waals surface area contributed by atoms with Gasteiger partial charge in [-0.15, -0.1) is 0 Å². The van der Waals surface area contributed by atoms with E-state index >= 15 is 0 Å². The van der Waals surface area contributed by atoms with Crippen LogP contribution in [0.2, 0.25) is 0 Å². The molecule has 0 unspecified atom stereocenters. The molecule has 0 fully saturated rings. The van der Waals surface area contributed by atoms with Crippen molar-refractivity contribution in [1.29, 1.82) is 0 Å². The fourth-order valence-electron chi connectivity index (χ4n) is 2.12. The van der Waals surface area contributed by atoms with E-state index in [4.69, 9.17) is 5.73 Å². The van der Waals surface area contributed by atoms with Gasteiger partial charge in [0.25, 0.3) is 0 Å². The van der Waals surface area contributed by atoms with Crippen LogP contribution in [0.15, 0.2) is 47.5 Å². The number of hydrogen-bond acceptors (Lipinski definition) is 1. The number of guanidine groups is 1. The zero-order valence-corrected chi connectivity index (χ0v) is 12.4. The lowest BCUT2D eigenvalue weighted by Crippen LogP contribution is -2.23. The van der Waals surface area contributed by atoms with Gasteiger partial charge in [-0.3, -0.25) is 4.99 Å². The predicted molar refractivity (Wildman–Crippen MR) is 86.0 cm³/mol. The Labute approximate surface area is 128 Å². The van der Waals surface area contributed by atoms with Crippen LogP contribution in [-0.2, 0) is 12.8 Å². The molecule has 0 atom stereocenters.